The highest BCUT2D eigenvalue weighted by molar-refractivity contribution is 9.09. The number of alkyl halides is 1. The largest absolute Gasteiger partial charge is 0.340 e. The van der Waals surface area contributed by atoms with Crippen molar-refractivity contribution in [3.05, 3.63) is 53.6 Å². The van der Waals surface area contributed by atoms with Gasteiger partial charge in [-0.15, -0.1) is 0 Å². The van der Waals surface area contributed by atoms with Gasteiger partial charge in [-0.05, 0) is 30.3 Å². The average molecular weight is 428 g/mol. The van der Waals surface area contributed by atoms with Crippen molar-refractivity contribution in [3.63, 3.8) is 0 Å². The molecule has 5 nitrogen and oxygen atoms in total. The molecule has 8 heteroatoms. The zero-order valence-corrected chi connectivity index (χ0v) is 15.4. The number of hydrogen-bond acceptors (Lipinski definition) is 3. The van der Waals surface area contributed by atoms with Crippen molar-refractivity contribution < 1.29 is 13.2 Å². The first-order valence-electron chi connectivity index (χ1n) is 6.90. The summed E-state index contributed by atoms with van der Waals surface area (Å²) in [5, 5.41) is 3.46. The summed E-state index contributed by atoms with van der Waals surface area (Å²) in [6, 6.07) is 12.9. The highest BCUT2D eigenvalue weighted by Crippen LogP contribution is 2.36. The molecule has 24 heavy (non-hydrogen) atoms. The van der Waals surface area contributed by atoms with Gasteiger partial charge in [-0.1, -0.05) is 45.7 Å². The van der Waals surface area contributed by atoms with Gasteiger partial charge in [0.15, 0.2) is 0 Å². The van der Waals surface area contributed by atoms with Crippen molar-refractivity contribution in [1.29, 1.82) is 0 Å². The number of fused-ring (bicyclic) bond motifs is 1. The van der Waals surface area contributed by atoms with E-state index in [0.29, 0.717) is 15.9 Å². The van der Waals surface area contributed by atoms with E-state index in [2.05, 4.69) is 26.2 Å². The Morgan fingerprint density at radius 2 is 1.88 bits per heavy atom. The van der Waals surface area contributed by atoms with Gasteiger partial charge < -0.3 is 10.3 Å². The van der Waals surface area contributed by atoms with Crippen LogP contribution in [0.25, 0.3) is 10.9 Å². The first-order chi connectivity index (χ1) is 11.4. The van der Waals surface area contributed by atoms with E-state index >= 15 is 0 Å². The molecule has 1 amide bonds. The summed E-state index contributed by atoms with van der Waals surface area (Å²) < 4.78 is 26.2. The van der Waals surface area contributed by atoms with Gasteiger partial charge in [-0.3, -0.25) is 4.79 Å². The van der Waals surface area contributed by atoms with Crippen molar-refractivity contribution in [2.75, 3.05) is 10.6 Å². The molecule has 1 aromatic heterocycles. The Morgan fingerprint density at radius 1 is 1.17 bits per heavy atom. The molecule has 0 atom stereocenters. The van der Waals surface area contributed by atoms with Gasteiger partial charge in [0.2, 0.25) is 15.7 Å². The van der Waals surface area contributed by atoms with E-state index in [1.165, 1.54) is 12.1 Å². The lowest BCUT2D eigenvalue weighted by molar-refractivity contribution is -0.113. The number of carbonyl (C=O) groups excluding carboxylic acids is 1. The number of carbonyl (C=O) groups is 1. The van der Waals surface area contributed by atoms with E-state index in [4.69, 9.17) is 11.6 Å². The molecule has 3 aromatic rings. The van der Waals surface area contributed by atoms with Crippen LogP contribution in [0.3, 0.4) is 0 Å². The quantitative estimate of drug-likeness (QED) is 0.618. The molecule has 0 unspecified atom stereocenters. The minimum Gasteiger partial charge on any atom is -0.340 e. The molecule has 1 heterocycles. The van der Waals surface area contributed by atoms with Gasteiger partial charge in [0.05, 0.1) is 10.2 Å². The molecule has 0 saturated carbocycles. The van der Waals surface area contributed by atoms with Crippen LogP contribution in [0.1, 0.15) is 0 Å². The maximum absolute atomic E-state index is 13.1. The Hall–Kier alpha value is -1.83. The fourth-order valence-electron chi connectivity index (χ4n) is 2.40. The van der Waals surface area contributed by atoms with Crippen LogP contribution in [0.15, 0.2) is 58.3 Å². The van der Waals surface area contributed by atoms with Crippen molar-refractivity contribution in [3.8, 4) is 0 Å². The van der Waals surface area contributed by atoms with Crippen molar-refractivity contribution in [2.24, 2.45) is 0 Å². The predicted octanol–water partition coefficient (Wildman–Crippen LogP) is 3.99. The molecule has 0 saturated heterocycles. The summed E-state index contributed by atoms with van der Waals surface area (Å²) in [7, 11) is -3.84. The molecular weight excluding hydrogens is 416 g/mol. The number of benzene rings is 2. The van der Waals surface area contributed by atoms with Crippen LogP contribution in [0.5, 0.6) is 0 Å². The van der Waals surface area contributed by atoms with Gasteiger partial charge in [-0.25, -0.2) is 8.42 Å². The summed E-state index contributed by atoms with van der Waals surface area (Å²) in [5.41, 5.74) is 0.568. The number of aromatic amines is 1. The van der Waals surface area contributed by atoms with Gasteiger partial charge in [-0.2, -0.15) is 0 Å². The summed E-state index contributed by atoms with van der Waals surface area (Å²) in [5.74, 6) is -0.238. The van der Waals surface area contributed by atoms with Crippen molar-refractivity contribution >= 4 is 60.0 Å². The Bertz CT molecular complexity index is 1020. The molecule has 0 aliphatic carbocycles. The molecule has 3 rings (SSSR count). The normalized spacial score (nSPS) is 11.6. The fraction of sp³-hybridized carbons (Fsp3) is 0.0625. The van der Waals surface area contributed by atoms with Crippen LogP contribution in [0.4, 0.5) is 5.82 Å². The molecule has 0 fully saturated rings. The molecular formula is C16H12BrClN2O3S. The SMILES string of the molecule is O=C(CBr)Nc1[nH]c2ccc(Cl)cc2c1S(=O)(=O)c1ccccc1. The van der Waals surface area contributed by atoms with Gasteiger partial charge in [0.25, 0.3) is 0 Å². The smallest absolute Gasteiger partial charge is 0.236 e. The Balaban J connectivity index is 2.30. The number of halogens is 2. The lowest BCUT2D eigenvalue weighted by atomic mass is 10.2. The minimum absolute atomic E-state index is 0.000463. The average Bonchev–Trinajstić information content (AvgIpc) is 2.93. The molecule has 0 radical (unpaired) electrons. The van der Waals surface area contributed by atoms with Crippen LogP contribution in [-0.2, 0) is 14.6 Å². The number of sulfone groups is 1. The third kappa shape index (κ3) is 3.07. The number of aromatic nitrogens is 1. The predicted molar refractivity (Wildman–Crippen MR) is 97.6 cm³/mol. The number of rotatable bonds is 4. The van der Waals surface area contributed by atoms with Crippen LogP contribution in [-0.4, -0.2) is 24.6 Å². The second kappa shape index (κ2) is 6.58. The monoisotopic (exact) mass is 426 g/mol. The summed E-state index contributed by atoms with van der Waals surface area (Å²) in [6.07, 6.45) is 0. The van der Waals surface area contributed by atoms with E-state index in [9.17, 15) is 13.2 Å². The summed E-state index contributed by atoms with van der Waals surface area (Å²) >= 11 is 9.08. The summed E-state index contributed by atoms with van der Waals surface area (Å²) in [4.78, 5) is 14.8. The summed E-state index contributed by atoms with van der Waals surface area (Å²) in [6.45, 7) is 0. The number of nitrogens with one attached hydrogen (secondary N) is 2. The van der Waals surface area contributed by atoms with E-state index in [1.807, 2.05) is 0 Å². The third-order valence-electron chi connectivity index (χ3n) is 3.42. The van der Waals surface area contributed by atoms with E-state index < -0.39 is 9.84 Å². The zero-order chi connectivity index (χ0) is 17.3. The molecule has 0 aliphatic heterocycles. The second-order valence-corrected chi connectivity index (χ2v) is 7.90. The van der Waals surface area contributed by atoms with E-state index in [1.54, 1.807) is 36.4 Å². The maximum Gasteiger partial charge on any atom is 0.236 e. The molecule has 0 spiro atoms. The second-order valence-electron chi connectivity index (χ2n) is 5.02. The van der Waals surface area contributed by atoms with Crippen LogP contribution < -0.4 is 5.32 Å². The molecule has 124 valence electrons. The number of amides is 1. The van der Waals surface area contributed by atoms with Gasteiger partial charge in [0, 0.05) is 15.9 Å². The van der Waals surface area contributed by atoms with Crippen LogP contribution >= 0.6 is 27.5 Å². The first-order valence-corrected chi connectivity index (χ1v) is 9.89. The highest BCUT2D eigenvalue weighted by atomic mass is 79.9. The molecule has 2 N–H and O–H groups in total. The Kier molecular flexibility index (Phi) is 4.67. The first kappa shape index (κ1) is 17.0. The zero-order valence-electron chi connectivity index (χ0n) is 12.2. The van der Waals surface area contributed by atoms with Crippen molar-refractivity contribution in [1.82, 2.24) is 4.98 Å². The van der Waals surface area contributed by atoms with Gasteiger partial charge in [0.1, 0.15) is 10.7 Å². The minimum atomic E-state index is -3.84. The number of hydrogen-bond donors (Lipinski definition) is 2. The van der Waals surface area contributed by atoms with Crippen molar-refractivity contribution in [2.45, 2.75) is 9.79 Å². The van der Waals surface area contributed by atoms with E-state index in [0.717, 1.165) is 0 Å². The number of H-pyrrole nitrogens is 1. The molecule has 0 bridgehead atoms. The Morgan fingerprint density at radius 3 is 2.54 bits per heavy atom. The van der Waals surface area contributed by atoms with Gasteiger partial charge >= 0.3 is 0 Å². The fourth-order valence-corrected chi connectivity index (χ4v) is 4.29. The molecule has 2 aromatic carbocycles. The lowest BCUT2D eigenvalue weighted by Gasteiger charge is -2.07. The number of anilines is 1. The molecule has 0 aliphatic rings. The van der Waals surface area contributed by atoms with E-state index in [-0.39, 0.29) is 26.8 Å². The highest BCUT2D eigenvalue weighted by Gasteiger charge is 2.27. The third-order valence-corrected chi connectivity index (χ3v) is 6.02. The Labute approximate surface area is 152 Å². The van der Waals surface area contributed by atoms with Crippen LogP contribution in [0, 0.1) is 0 Å². The van der Waals surface area contributed by atoms with Crippen LogP contribution in [0.2, 0.25) is 5.02 Å². The maximum atomic E-state index is 13.1. The standard InChI is InChI=1S/C16H12BrClN2O3S/c17-9-14(21)20-16-15(12-8-10(18)6-7-13(12)19-16)24(22,23)11-4-2-1-3-5-11/h1-8,19H,9H2,(H,20,21). The topological polar surface area (TPSA) is 79.0 Å². The lowest BCUT2D eigenvalue weighted by Crippen LogP contribution is -2.15.